The Hall–Kier alpha value is -1.92. The van der Waals surface area contributed by atoms with E-state index in [1.807, 2.05) is 41.0 Å². The Kier molecular flexibility index (Phi) is 6.50. The molecule has 2 saturated heterocycles. The van der Waals surface area contributed by atoms with E-state index in [9.17, 15) is 9.59 Å². The number of ether oxygens (including phenoxy) is 1. The van der Waals surface area contributed by atoms with Crippen LogP contribution in [-0.4, -0.2) is 74.6 Å². The lowest BCUT2D eigenvalue weighted by Gasteiger charge is -2.42. The molecule has 1 aromatic carbocycles. The number of nitrogens with one attached hydrogen (secondary N) is 1. The highest BCUT2D eigenvalue weighted by molar-refractivity contribution is 5.84. The molecule has 2 aliphatic rings. The molecule has 0 saturated carbocycles. The summed E-state index contributed by atoms with van der Waals surface area (Å²) < 4.78 is 5.39. The van der Waals surface area contributed by atoms with Gasteiger partial charge in [-0.05, 0) is 38.4 Å². The van der Waals surface area contributed by atoms with Crippen LogP contribution < -0.4 is 5.32 Å². The van der Waals surface area contributed by atoms with Crippen molar-refractivity contribution < 1.29 is 14.3 Å². The summed E-state index contributed by atoms with van der Waals surface area (Å²) in [6.45, 7) is 6.65. The van der Waals surface area contributed by atoms with E-state index in [1.54, 1.807) is 7.11 Å². The molecule has 2 fully saturated rings. The Morgan fingerprint density at radius 2 is 1.63 bits per heavy atom. The van der Waals surface area contributed by atoms with Crippen molar-refractivity contribution in [3.63, 3.8) is 0 Å². The minimum Gasteiger partial charge on any atom is -0.384 e. The molecule has 2 heterocycles. The van der Waals surface area contributed by atoms with E-state index in [4.69, 9.17) is 4.74 Å². The van der Waals surface area contributed by atoms with Crippen LogP contribution in [0.15, 0.2) is 24.3 Å². The first kappa shape index (κ1) is 19.8. The van der Waals surface area contributed by atoms with E-state index in [0.717, 1.165) is 31.5 Å². The van der Waals surface area contributed by atoms with Gasteiger partial charge in [-0.1, -0.05) is 29.8 Å². The predicted octanol–water partition coefficient (Wildman–Crippen LogP) is 1.22. The molecule has 0 unspecified atom stereocenters. The lowest BCUT2D eigenvalue weighted by molar-refractivity contribution is -0.151. The number of hydrogen-bond acceptors (Lipinski definition) is 4. The third kappa shape index (κ3) is 4.68. The van der Waals surface area contributed by atoms with E-state index >= 15 is 0 Å². The number of piperidine rings is 1. The van der Waals surface area contributed by atoms with Crippen LogP contribution >= 0.6 is 0 Å². The smallest absolute Gasteiger partial charge is 0.231 e. The number of carbonyl (C=O) groups is 2. The first-order valence-corrected chi connectivity index (χ1v) is 9.86. The third-order valence-corrected chi connectivity index (χ3v) is 5.83. The number of rotatable bonds is 5. The van der Waals surface area contributed by atoms with Crippen molar-refractivity contribution in [1.82, 2.24) is 15.1 Å². The Morgan fingerprint density at radius 3 is 2.22 bits per heavy atom. The van der Waals surface area contributed by atoms with Crippen LogP contribution in [0.1, 0.15) is 24.0 Å². The Balaban J connectivity index is 1.55. The molecule has 6 nitrogen and oxygen atoms in total. The van der Waals surface area contributed by atoms with Crippen molar-refractivity contribution in [3.05, 3.63) is 35.4 Å². The van der Waals surface area contributed by atoms with Crippen LogP contribution in [0.25, 0.3) is 0 Å². The standard InChI is InChI=1S/C21H31N3O3/c1-17-3-5-18(6-4-17)15-19(25)23-11-13-24(14-12-23)20(26)21(16-27-2)7-9-22-10-8-21/h3-6,22H,7-16H2,1-2H3. The fourth-order valence-electron chi connectivity index (χ4n) is 4.09. The lowest BCUT2D eigenvalue weighted by Crippen LogP contribution is -2.57. The largest absolute Gasteiger partial charge is 0.384 e. The van der Waals surface area contributed by atoms with E-state index in [1.165, 1.54) is 5.56 Å². The summed E-state index contributed by atoms with van der Waals surface area (Å²) in [4.78, 5) is 29.6. The first-order chi connectivity index (χ1) is 13.0. The van der Waals surface area contributed by atoms with Crippen LogP contribution in [0.4, 0.5) is 0 Å². The van der Waals surface area contributed by atoms with Gasteiger partial charge in [0.05, 0.1) is 18.4 Å². The highest BCUT2D eigenvalue weighted by Gasteiger charge is 2.43. The van der Waals surface area contributed by atoms with Gasteiger partial charge < -0.3 is 19.9 Å². The van der Waals surface area contributed by atoms with Gasteiger partial charge in [0.25, 0.3) is 0 Å². The van der Waals surface area contributed by atoms with Gasteiger partial charge >= 0.3 is 0 Å². The normalized spacial score (nSPS) is 19.8. The Bertz CT molecular complexity index is 640. The first-order valence-electron chi connectivity index (χ1n) is 9.86. The second kappa shape index (κ2) is 8.85. The molecule has 0 aliphatic carbocycles. The maximum Gasteiger partial charge on any atom is 0.231 e. The molecule has 6 heteroatoms. The maximum absolute atomic E-state index is 13.2. The minimum atomic E-state index is -0.409. The number of aryl methyl sites for hydroxylation is 1. The molecule has 2 amide bonds. The fraction of sp³-hybridized carbons (Fsp3) is 0.619. The summed E-state index contributed by atoms with van der Waals surface area (Å²) in [6.07, 6.45) is 2.05. The van der Waals surface area contributed by atoms with Gasteiger partial charge in [-0.25, -0.2) is 0 Å². The van der Waals surface area contributed by atoms with Crippen molar-refractivity contribution in [2.75, 3.05) is 53.0 Å². The molecule has 0 atom stereocenters. The molecule has 1 aromatic rings. The van der Waals surface area contributed by atoms with E-state index in [-0.39, 0.29) is 11.8 Å². The van der Waals surface area contributed by atoms with Gasteiger partial charge in [-0.2, -0.15) is 0 Å². The van der Waals surface area contributed by atoms with Crippen molar-refractivity contribution in [1.29, 1.82) is 0 Å². The number of benzene rings is 1. The molecule has 3 rings (SSSR count). The zero-order chi connectivity index (χ0) is 19.3. The van der Waals surface area contributed by atoms with Gasteiger partial charge in [-0.15, -0.1) is 0 Å². The van der Waals surface area contributed by atoms with Gasteiger partial charge in [0.2, 0.25) is 11.8 Å². The summed E-state index contributed by atoms with van der Waals surface area (Å²) in [5.41, 5.74) is 1.83. The van der Waals surface area contributed by atoms with Gasteiger partial charge in [0.15, 0.2) is 0 Å². The predicted molar refractivity (Wildman–Crippen MR) is 104 cm³/mol. The van der Waals surface area contributed by atoms with Crippen molar-refractivity contribution in [2.45, 2.75) is 26.2 Å². The lowest BCUT2D eigenvalue weighted by atomic mass is 9.78. The van der Waals surface area contributed by atoms with E-state index in [2.05, 4.69) is 5.32 Å². The molecular formula is C21H31N3O3. The van der Waals surface area contributed by atoms with Crippen LogP contribution in [0.2, 0.25) is 0 Å². The number of methoxy groups -OCH3 is 1. The number of piperazine rings is 1. The van der Waals surface area contributed by atoms with Crippen LogP contribution in [0, 0.1) is 12.3 Å². The minimum absolute atomic E-state index is 0.138. The number of hydrogen-bond donors (Lipinski definition) is 1. The average Bonchev–Trinajstić information content (AvgIpc) is 2.70. The summed E-state index contributed by atoms with van der Waals surface area (Å²) >= 11 is 0. The van der Waals surface area contributed by atoms with E-state index < -0.39 is 5.41 Å². The van der Waals surface area contributed by atoms with Crippen LogP contribution in [0.3, 0.4) is 0 Å². The summed E-state index contributed by atoms with van der Waals surface area (Å²) in [6, 6.07) is 8.10. The number of carbonyl (C=O) groups excluding carboxylic acids is 2. The third-order valence-electron chi connectivity index (χ3n) is 5.83. The number of amides is 2. The van der Waals surface area contributed by atoms with Crippen LogP contribution in [0.5, 0.6) is 0 Å². The van der Waals surface area contributed by atoms with Crippen molar-refractivity contribution in [2.24, 2.45) is 5.41 Å². The second-order valence-electron chi connectivity index (χ2n) is 7.80. The summed E-state index contributed by atoms with van der Waals surface area (Å²) in [5, 5.41) is 3.33. The topological polar surface area (TPSA) is 61.9 Å². The van der Waals surface area contributed by atoms with E-state index in [0.29, 0.717) is 39.2 Å². The highest BCUT2D eigenvalue weighted by Crippen LogP contribution is 2.32. The maximum atomic E-state index is 13.2. The summed E-state index contributed by atoms with van der Waals surface area (Å²) in [5.74, 6) is 0.330. The van der Waals surface area contributed by atoms with Crippen LogP contribution in [-0.2, 0) is 20.7 Å². The summed E-state index contributed by atoms with van der Waals surface area (Å²) in [7, 11) is 1.67. The molecule has 0 aromatic heterocycles. The molecule has 27 heavy (non-hydrogen) atoms. The zero-order valence-electron chi connectivity index (χ0n) is 16.5. The molecular weight excluding hydrogens is 342 g/mol. The molecule has 0 bridgehead atoms. The quantitative estimate of drug-likeness (QED) is 0.843. The molecule has 0 spiro atoms. The SMILES string of the molecule is COCC1(C(=O)N2CCN(C(=O)Cc3ccc(C)cc3)CC2)CCNCC1. The zero-order valence-corrected chi connectivity index (χ0v) is 16.5. The molecule has 1 N–H and O–H groups in total. The van der Waals surface area contributed by atoms with Gasteiger partial charge in [0, 0.05) is 33.3 Å². The van der Waals surface area contributed by atoms with Gasteiger partial charge in [0.1, 0.15) is 0 Å². The second-order valence-corrected chi connectivity index (χ2v) is 7.80. The Labute approximate surface area is 161 Å². The van der Waals surface area contributed by atoms with Gasteiger partial charge in [-0.3, -0.25) is 9.59 Å². The average molecular weight is 373 g/mol. The number of nitrogens with zero attached hydrogens (tertiary/aromatic N) is 2. The Morgan fingerprint density at radius 1 is 1.04 bits per heavy atom. The van der Waals surface area contributed by atoms with Crippen molar-refractivity contribution >= 4 is 11.8 Å². The monoisotopic (exact) mass is 373 g/mol. The molecule has 0 radical (unpaired) electrons. The van der Waals surface area contributed by atoms with Crippen molar-refractivity contribution in [3.8, 4) is 0 Å². The molecule has 2 aliphatic heterocycles. The fourth-order valence-corrected chi connectivity index (χ4v) is 4.09. The highest BCUT2D eigenvalue weighted by atomic mass is 16.5. The molecule has 148 valence electrons.